The van der Waals surface area contributed by atoms with E-state index in [2.05, 4.69) is 0 Å². The fourth-order valence-corrected chi connectivity index (χ4v) is 4.89. The molecule has 0 saturated carbocycles. The highest BCUT2D eigenvalue weighted by molar-refractivity contribution is 7.22. The summed E-state index contributed by atoms with van der Waals surface area (Å²) < 4.78 is 6.91. The Morgan fingerprint density at radius 3 is 2.61 bits per heavy atom. The van der Waals surface area contributed by atoms with Gasteiger partial charge in [-0.2, -0.15) is 0 Å². The Bertz CT molecular complexity index is 1180. The zero-order valence-electron chi connectivity index (χ0n) is 17.3. The minimum Gasteiger partial charge on any atom is -0.376 e. The molecule has 1 atom stereocenters. The molecule has 0 aliphatic carbocycles. The number of para-hydroxylation sites is 1. The van der Waals surface area contributed by atoms with E-state index < -0.39 is 0 Å². The summed E-state index contributed by atoms with van der Waals surface area (Å²) in [6.45, 7) is 3.14. The Balaban J connectivity index is 1.50. The quantitative estimate of drug-likeness (QED) is 0.421. The van der Waals surface area contributed by atoms with Crippen LogP contribution in [-0.2, 0) is 4.74 Å². The van der Waals surface area contributed by atoms with E-state index in [9.17, 15) is 4.79 Å². The molecule has 2 aromatic heterocycles. The molecule has 0 N–H and O–H groups in total. The van der Waals surface area contributed by atoms with Gasteiger partial charge in [0.25, 0.3) is 5.91 Å². The van der Waals surface area contributed by atoms with E-state index in [-0.39, 0.29) is 12.0 Å². The lowest BCUT2D eigenvalue weighted by atomic mass is 10.1. The summed E-state index contributed by atoms with van der Waals surface area (Å²) in [5.74, 6) is -0.0841. The van der Waals surface area contributed by atoms with Gasteiger partial charge in [-0.3, -0.25) is 14.7 Å². The molecule has 5 nitrogen and oxygen atoms in total. The van der Waals surface area contributed by atoms with Gasteiger partial charge in [-0.15, -0.1) is 0 Å². The van der Waals surface area contributed by atoms with Crippen molar-refractivity contribution in [1.29, 1.82) is 0 Å². The number of hydrogen-bond donors (Lipinski definition) is 0. The topological polar surface area (TPSA) is 55.3 Å². The standard InChI is InChI=1S/C25H23N3O2S/c1-17-20(13-14-21(26-17)18-8-3-2-4-9-18)24(29)28(16-19-10-7-15-30-19)25-27-22-11-5-6-12-23(22)31-25/h2-6,8-9,11-14,19H,7,10,15-16H2,1H3. The van der Waals surface area contributed by atoms with Crippen LogP contribution < -0.4 is 4.90 Å². The lowest BCUT2D eigenvalue weighted by molar-refractivity contribution is 0.0916. The number of benzene rings is 2. The molecule has 1 aliphatic rings. The maximum Gasteiger partial charge on any atom is 0.261 e. The van der Waals surface area contributed by atoms with Crippen molar-refractivity contribution >= 4 is 32.6 Å². The van der Waals surface area contributed by atoms with Gasteiger partial charge in [-0.05, 0) is 44.0 Å². The SMILES string of the molecule is Cc1nc(-c2ccccc2)ccc1C(=O)N(CC1CCCO1)c1nc2ccccc2s1. The molecular formula is C25H23N3O2S. The Labute approximate surface area is 185 Å². The average Bonchev–Trinajstić information content (AvgIpc) is 3.47. The molecule has 6 heteroatoms. The van der Waals surface area contributed by atoms with Crippen molar-refractivity contribution in [2.24, 2.45) is 0 Å². The van der Waals surface area contributed by atoms with Crippen LogP contribution in [0.4, 0.5) is 5.13 Å². The third-order valence-electron chi connectivity index (χ3n) is 5.55. The number of ether oxygens (including phenoxy) is 1. The summed E-state index contributed by atoms with van der Waals surface area (Å²) >= 11 is 1.54. The van der Waals surface area contributed by atoms with Crippen molar-refractivity contribution in [2.75, 3.05) is 18.1 Å². The molecule has 1 unspecified atom stereocenters. The number of carbonyl (C=O) groups is 1. The molecule has 0 spiro atoms. The van der Waals surface area contributed by atoms with Gasteiger partial charge in [0.1, 0.15) is 0 Å². The predicted octanol–water partition coefficient (Wildman–Crippen LogP) is 5.49. The van der Waals surface area contributed by atoms with Crippen LogP contribution in [0.25, 0.3) is 21.5 Å². The van der Waals surface area contributed by atoms with Crippen LogP contribution in [0.2, 0.25) is 0 Å². The highest BCUT2D eigenvalue weighted by Crippen LogP contribution is 2.31. The van der Waals surface area contributed by atoms with E-state index >= 15 is 0 Å². The molecule has 0 radical (unpaired) electrons. The maximum atomic E-state index is 13.7. The first-order valence-corrected chi connectivity index (χ1v) is 11.3. The molecule has 156 valence electrons. The second-order valence-corrected chi connectivity index (χ2v) is 8.72. The molecule has 1 fully saturated rings. The lowest BCUT2D eigenvalue weighted by Crippen LogP contribution is -2.38. The minimum absolute atomic E-state index is 0.0350. The van der Waals surface area contributed by atoms with Gasteiger partial charge in [0.05, 0.1) is 39.8 Å². The molecule has 3 heterocycles. The van der Waals surface area contributed by atoms with Gasteiger partial charge in [0.2, 0.25) is 0 Å². The number of fused-ring (bicyclic) bond motifs is 1. The second kappa shape index (κ2) is 8.57. The predicted molar refractivity (Wildman–Crippen MR) is 125 cm³/mol. The summed E-state index contributed by atoms with van der Waals surface area (Å²) in [7, 11) is 0. The van der Waals surface area contributed by atoms with Crippen LogP contribution in [0.5, 0.6) is 0 Å². The van der Waals surface area contributed by atoms with Crippen LogP contribution >= 0.6 is 11.3 Å². The smallest absolute Gasteiger partial charge is 0.261 e. The van der Waals surface area contributed by atoms with Crippen LogP contribution in [0.1, 0.15) is 28.9 Å². The molecule has 4 aromatic rings. The molecule has 1 amide bonds. The fourth-order valence-electron chi connectivity index (χ4n) is 3.92. The van der Waals surface area contributed by atoms with E-state index in [4.69, 9.17) is 14.7 Å². The minimum atomic E-state index is -0.0841. The van der Waals surface area contributed by atoms with Gasteiger partial charge >= 0.3 is 0 Å². The van der Waals surface area contributed by atoms with Gasteiger partial charge < -0.3 is 4.74 Å². The van der Waals surface area contributed by atoms with E-state index in [1.807, 2.05) is 73.7 Å². The average molecular weight is 430 g/mol. The largest absolute Gasteiger partial charge is 0.376 e. The number of hydrogen-bond acceptors (Lipinski definition) is 5. The summed E-state index contributed by atoms with van der Waals surface area (Å²) in [6.07, 6.45) is 2.02. The van der Waals surface area contributed by atoms with Gasteiger partial charge in [-0.1, -0.05) is 53.8 Å². The highest BCUT2D eigenvalue weighted by Gasteiger charge is 2.28. The van der Waals surface area contributed by atoms with Crippen LogP contribution in [0.3, 0.4) is 0 Å². The van der Waals surface area contributed by atoms with Gasteiger partial charge in [0, 0.05) is 12.2 Å². The number of nitrogens with zero attached hydrogens (tertiary/aromatic N) is 3. The number of anilines is 1. The Morgan fingerprint density at radius 2 is 1.87 bits per heavy atom. The summed E-state index contributed by atoms with van der Waals surface area (Å²) in [5.41, 5.74) is 4.11. The van der Waals surface area contributed by atoms with E-state index in [1.165, 1.54) is 11.3 Å². The molecule has 1 aliphatic heterocycles. The summed E-state index contributed by atoms with van der Waals surface area (Å²) in [6, 6.07) is 21.8. The number of carbonyl (C=O) groups excluding carboxylic acids is 1. The third kappa shape index (κ3) is 4.09. The van der Waals surface area contributed by atoms with Gasteiger partial charge in [-0.25, -0.2) is 4.98 Å². The zero-order chi connectivity index (χ0) is 21.2. The normalized spacial score (nSPS) is 16.0. The number of pyridine rings is 1. The summed E-state index contributed by atoms with van der Waals surface area (Å²) in [5, 5.41) is 0.702. The fraction of sp³-hybridized carbons (Fsp3) is 0.240. The first kappa shape index (κ1) is 19.8. The number of aryl methyl sites for hydroxylation is 1. The van der Waals surface area contributed by atoms with Crippen LogP contribution in [-0.4, -0.2) is 35.1 Å². The number of rotatable bonds is 5. The van der Waals surface area contributed by atoms with E-state index in [1.54, 1.807) is 4.90 Å². The molecule has 31 heavy (non-hydrogen) atoms. The third-order valence-corrected chi connectivity index (χ3v) is 6.61. The first-order valence-electron chi connectivity index (χ1n) is 10.5. The van der Waals surface area contributed by atoms with Gasteiger partial charge in [0.15, 0.2) is 5.13 Å². The molecule has 5 rings (SSSR count). The van der Waals surface area contributed by atoms with Crippen molar-refractivity contribution in [3.05, 3.63) is 78.0 Å². The maximum absolute atomic E-state index is 13.7. The van der Waals surface area contributed by atoms with Crippen molar-refractivity contribution in [3.63, 3.8) is 0 Å². The van der Waals surface area contributed by atoms with Crippen molar-refractivity contribution in [2.45, 2.75) is 25.9 Å². The zero-order valence-corrected chi connectivity index (χ0v) is 18.1. The Hall–Kier alpha value is -3.09. The van der Waals surface area contributed by atoms with E-state index in [0.29, 0.717) is 22.9 Å². The number of thiazole rings is 1. The summed E-state index contributed by atoms with van der Waals surface area (Å²) in [4.78, 5) is 24.9. The number of amides is 1. The van der Waals surface area contributed by atoms with Crippen molar-refractivity contribution in [1.82, 2.24) is 9.97 Å². The first-order chi connectivity index (χ1) is 15.2. The van der Waals surface area contributed by atoms with Crippen LogP contribution in [0.15, 0.2) is 66.7 Å². The highest BCUT2D eigenvalue weighted by atomic mass is 32.1. The monoisotopic (exact) mass is 429 g/mol. The van der Waals surface area contributed by atoms with E-state index in [0.717, 1.165) is 40.9 Å². The molecule has 2 aromatic carbocycles. The molecule has 1 saturated heterocycles. The number of aromatic nitrogens is 2. The van der Waals surface area contributed by atoms with Crippen molar-refractivity contribution < 1.29 is 9.53 Å². The van der Waals surface area contributed by atoms with Crippen molar-refractivity contribution in [3.8, 4) is 11.3 Å². The van der Waals surface area contributed by atoms with Crippen LogP contribution in [0, 0.1) is 6.92 Å². The molecular weight excluding hydrogens is 406 g/mol. The molecule has 0 bridgehead atoms. The Morgan fingerprint density at radius 1 is 1.06 bits per heavy atom. The lowest BCUT2D eigenvalue weighted by Gasteiger charge is -2.23. The second-order valence-electron chi connectivity index (χ2n) is 7.71. The Kier molecular flexibility index (Phi) is 5.49.